The summed E-state index contributed by atoms with van der Waals surface area (Å²) >= 11 is 0. The van der Waals surface area contributed by atoms with Gasteiger partial charge in [-0.05, 0) is 24.6 Å². The highest BCUT2D eigenvalue weighted by molar-refractivity contribution is 6.16. The lowest BCUT2D eigenvalue weighted by molar-refractivity contribution is 0.172. The largest absolute Gasteiger partial charge is 0.486 e. The second kappa shape index (κ2) is 4.13. The average molecular weight is 290 g/mol. The van der Waals surface area contributed by atoms with Crippen LogP contribution in [0, 0.1) is 6.92 Å². The molecule has 3 heterocycles. The fraction of sp³-hybridized carbons (Fsp3) is 0.167. The number of hydrogen-bond acceptors (Lipinski definition) is 3. The van der Waals surface area contributed by atoms with E-state index in [0.717, 1.165) is 38.8 Å². The first-order chi connectivity index (χ1) is 10.8. The Morgan fingerprint density at radius 1 is 0.955 bits per heavy atom. The van der Waals surface area contributed by atoms with Crippen molar-refractivity contribution >= 4 is 32.7 Å². The van der Waals surface area contributed by atoms with Gasteiger partial charge in [0.25, 0.3) is 0 Å². The van der Waals surface area contributed by atoms with Gasteiger partial charge in [-0.1, -0.05) is 12.1 Å². The zero-order valence-corrected chi connectivity index (χ0v) is 12.1. The minimum atomic E-state index is 0.590. The van der Waals surface area contributed by atoms with E-state index in [0.29, 0.717) is 13.2 Å². The number of aromatic nitrogens is 2. The minimum Gasteiger partial charge on any atom is -0.486 e. The third kappa shape index (κ3) is 1.55. The fourth-order valence-electron chi connectivity index (χ4n) is 3.20. The number of H-pyrrole nitrogens is 1. The van der Waals surface area contributed by atoms with E-state index in [-0.39, 0.29) is 0 Å². The number of benzene rings is 2. The Labute approximate surface area is 126 Å². The van der Waals surface area contributed by atoms with E-state index in [1.807, 2.05) is 18.3 Å². The van der Waals surface area contributed by atoms with Crippen LogP contribution in [0.4, 0.5) is 0 Å². The van der Waals surface area contributed by atoms with Gasteiger partial charge in [-0.2, -0.15) is 0 Å². The third-order valence-electron chi connectivity index (χ3n) is 4.26. The van der Waals surface area contributed by atoms with Crippen LogP contribution in [-0.4, -0.2) is 23.2 Å². The molecule has 1 aliphatic heterocycles. The second-order valence-corrected chi connectivity index (χ2v) is 5.73. The summed E-state index contributed by atoms with van der Waals surface area (Å²) in [5.41, 5.74) is 4.40. The van der Waals surface area contributed by atoms with Crippen LogP contribution in [0.2, 0.25) is 0 Å². The summed E-state index contributed by atoms with van der Waals surface area (Å²) in [6.07, 6.45) is 1.93. The van der Waals surface area contributed by atoms with E-state index < -0.39 is 0 Å². The molecule has 4 heteroatoms. The first-order valence-corrected chi connectivity index (χ1v) is 7.40. The molecule has 22 heavy (non-hydrogen) atoms. The quantitative estimate of drug-likeness (QED) is 0.533. The molecular weight excluding hydrogens is 276 g/mol. The molecule has 1 N–H and O–H groups in total. The van der Waals surface area contributed by atoms with Crippen molar-refractivity contribution in [3.8, 4) is 11.5 Å². The fourth-order valence-corrected chi connectivity index (χ4v) is 3.20. The van der Waals surface area contributed by atoms with E-state index >= 15 is 0 Å². The predicted molar refractivity (Wildman–Crippen MR) is 86.8 cm³/mol. The SMILES string of the molecule is Cc1ccc2c(c1)[nH]c1c3cc4c(cc3ncc21)OCCO4. The van der Waals surface area contributed by atoms with Crippen LogP contribution < -0.4 is 9.47 Å². The van der Waals surface area contributed by atoms with Crippen LogP contribution in [0.25, 0.3) is 32.7 Å². The summed E-state index contributed by atoms with van der Waals surface area (Å²) in [5, 5.41) is 3.40. The molecule has 5 rings (SSSR count). The van der Waals surface area contributed by atoms with Gasteiger partial charge in [-0.3, -0.25) is 4.98 Å². The predicted octanol–water partition coefficient (Wildman–Crippen LogP) is 3.95. The molecule has 4 aromatic rings. The van der Waals surface area contributed by atoms with E-state index in [2.05, 4.69) is 35.1 Å². The zero-order valence-electron chi connectivity index (χ0n) is 12.1. The molecule has 0 atom stereocenters. The van der Waals surface area contributed by atoms with Crippen LogP contribution in [0.15, 0.2) is 36.5 Å². The summed E-state index contributed by atoms with van der Waals surface area (Å²) in [6, 6.07) is 10.4. The first kappa shape index (κ1) is 11.9. The van der Waals surface area contributed by atoms with Crippen molar-refractivity contribution in [1.82, 2.24) is 9.97 Å². The van der Waals surface area contributed by atoms with Crippen LogP contribution in [0.5, 0.6) is 11.5 Å². The molecule has 108 valence electrons. The molecular formula is C18H14N2O2. The van der Waals surface area contributed by atoms with Crippen LogP contribution in [0.1, 0.15) is 5.56 Å². The lowest BCUT2D eigenvalue weighted by Gasteiger charge is -2.18. The standard InChI is InChI=1S/C18H14N2O2/c1-10-2-3-11-13-9-19-14-8-17-16(21-4-5-22-17)7-12(14)18(13)20-15(11)6-10/h2-3,6-9,20H,4-5H2,1H3. The van der Waals surface area contributed by atoms with Gasteiger partial charge in [-0.15, -0.1) is 0 Å². The minimum absolute atomic E-state index is 0.590. The van der Waals surface area contributed by atoms with Gasteiger partial charge in [0, 0.05) is 33.9 Å². The molecule has 0 saturated heterocycles. The number of pyridine rings is 1. The third-order valence-corrected chi connectivity index (χ3v) is 4.26. The van der Waals surface area contributed by atoms with Gasteiger partial charge in [0.15, 0.2) is 11.5 Å². The molecule has 0 spiro atoms. The highest BCUT2D eigenvalue weighted by atomic mass is 16.6. The maximum Gasteiger partial charge on any atom is 0.163 e. The maximum atomic E-state index is 5.71. The number of nitrogens with one attached hydrogen (secondary N) is 1. The van der Waals surface area contributed by atoms with Crippen molar-refractivity contribution in [2.24, 2.45) is 0 Å². The number of rotatable bonds is 0. The Morgan fingerprint density at radius 3 is 2.64 bits per heavy atom. The normalized spacial score (nSPS) is 14.0. The monoisotopic (exact) mass is 290 g/mol. The maximum absolute atomic E-state index is 5.71. The molecule has 0 fully saturated rings. The van der Waals surface area contributed by atoms with Gasteiger partial charge >= 0.3 is 0 Å². The van der Waals surface area contributed by atoms with Crippen LogP contribution >= 0.6 is 0 Å². The van der Waals surface area contributed by atoms with Crippen molar-refractivity contribution in [3.05, 3.63) is 42.1 Å². The number of aryl methyl sites for hydroxylation is 1. The van der Waals surface area contributed by atoms with Crippen molar-refractivity contribution in [1.29, 1.82) is 0 Å². The van der Waals surface area contributed by atoms with E-state index in [1.165, 1.54) is 10.9 Å². The molecule has 2 aromatic carbocycles. The van der Waals surface area contributed by atoms with Crippen molar-refractivity contribution in [2.75, 3.05) is 13.2 Å². The number of fused-ring (bicyclic) bond motifs is 6. The molecule has 0 radical (unpaired) electrons. The van der Waals surface area contributed by atoms with E-state index in [9.17, 15) is 0 Å². The zero-order chi connectivity index (χ0) is 14.7. The molecule has 0 bridgehead atoms. The summed E-state index contributed by atoms with van der Waals surface area (Å²) in [4.78, 5) is 8.14. The number of hydrogen-bond donors (Lipinski definition) is 1. The van der Waals surface area contributed by atoms with Crippen LogP contribution in [-0.2, 0) is 0 Å². The average Bonchev–Trinajstić information content (AvgIpc) is 2.91. The smallest absolute Gasteiger partial charge is 0.163 e. The van der Waals surface area contributed by atoms with Crippen molar-refractivity contribution in [2.45, 2.75) is 6.92 Å². The molecule has 0 saturated carbocycles. The van der Waals surface area contributed by atoms with Crippen molar-refractivity contribution < 1.29 is 9.47 Å². The Kier molecular flexibility index (Phi) is 2.23. The molecule has 4 nitrogen and oxygen atoms in total. The summed E-state index contributed by atoms with van der Waals surface area (Å²) < 4.78 is 11.4. The molecule has 1 aliphatic rings. The van der Waals surface area contributed by atoms with Gasteiger partial charge in [0.1, 0.15) is 13.2 Å². The van der Waals surface area contributed by atoms with Crippen molar-refractivity contribution in [3.63, 3.8) is 0 Å². The van der Waals surface area contributed by atoms with E-state index in [4.69, 9.17) is 9.47 Å². The Balaban J connectivity index is 1.92. The lowest BCUT2D eigenvalue weighted by atomic mass is 10.1. The van der Waals surface area contributed by atoms with Gasteiger partial charge in [-0.25, -0.2) is 0 Å². The van der Waals surface area contributed by atoms with Gasteiger partial charge < -0.3 is 14.5 Å². The summed E-state index contributed by atoms with van der Waals surface area (Å²) in [5.74, 6) is 1.57. The molecule has 2 aromatic heterocycles. The van der Waals surface area contributed by atoms with Gasteiger partial charge in [0.05, 0.1) is 11.0 Å². The first-order valence-electron chi connectivity index (χ1n) is 7.40. The van der Waals surface area contributed by atoms with Gasteiger partial charge in [0.2, 0.25) is 0 Å². The summed E-state index contributed by atoms with van der Waals surface area (Å²) in [7, 11) is 0. The molecule has 0 aliphatic carbocycles. The Bertz CT molecular complexity index is 1050. The summed E-state index contributed by atoms with van der Waals surface area (Å²) in [6.45, 7) is 3.28. The highest BCUT2D eigenvalue weighted by Crippen LogP contribution is 2.37. The molecule has 0 unspecified atom stereocenters. The highest BCUT2D eigenvalue weighted by Gasteiger charge is 2.16. The van der Waals surface area contributed by atoms with E-state index in [1.54, 1.807) is 0 Å². The molecule has 0 amide bonds. The van der Waals surface area contributed by atoms with Crippen LogP contribution in [0.3, 0.4) is 0 Å². The lowest BCUT2D eigenvalue weighted by Crippen LogP contribution is -2.15. The number of ether oxygens (including phenoxy) is 2. The Morgan fingerprint density at radius 2 is 1.77 bits per heavy atom. The topological polar surface area (TPSA) is 47.1 Å². The number of nitrogens with zero attached hydrogens (tertiary/aromatic N) is 1. The number of aromatic amines is 1. The Hall–Kier alpha value is -2.75. The second-order valence-electron chi connectivity index (χ2n) is 5.73.